The molecule has 3 nitrogen and oxygen atoms in total. The quantitative estimate of drug-likeness (QED) is 0.774. The molecule has 2 rings (SSSR count). The fraction of sp³-hybridized carbons (Fsp3) is 0.417. The van der Waals surface area contributed by atoms with Crippen LogP contribution in [0.25, 0.3) is 0 Å². The van der Waals surface area contributed by atoms with Crippen LogP contribution >= 0.6 is 0 Å². The molecule has 1 aromatic carbocycles. The number of halogens is 3. The fourth-order valence-corrected chi connectivity index (χ4v) is 1.80. The highest BCUT2D eigenvalue weighted by atomic mass is 19.4. The summed E-state index contributed by atoms with van der Waals surface area (Å²) < 4.78 is 42.3. The van der Waals surface area contributed by atoms with Crippen molar-refractivity contribution in [2.45, 2.75) is 19.0 Å². The highest BCUT2D eigenvalue weighted by Gasteiger charge is 2.31. The summed E-state index contributed by atoms with van der Waals surface area (Å²) in [6.07, 6.45) is -3.22. The van der Waals surface area contributed by atoms with Gasteiger partial charge < -0.3 is 9.64 Å². The van der Waals surface area contributed by atoms with E-state index in [9.17, 15) is 18.0 Å². The largest absolute Gasteiger partial charge is 0.416 e. The SMILES string of the molecule is O=C(Oc1cccc(C(F)(F)F)c1)N1CCCC1. The van der Waals surface area contributed by atoms with Gasteiger partial charge in [0.15, 0.2) is 0 Å². The fourth-order valence-electron chi connectivity index (χ4n) is 1.80. The lowest BCUT2D eigenvalue weighted by Crippen LogP contribution is -2.30. The Balaban J connectivity index is 2.07. The smallest absolute Gasteiger partial charge is 0.410 e. The number of rotatable bonds is 1. The van der Waals surface area contributed by atoms with Gasteiger partial charge in [0.05, 0.1) is 5.56 Å². The molecule has 0 saturated carbocycles. The van der Waals surface area contributed by atoms with Crippen molar-refractivity contribution in [3.8, 4) is 5.75 Å². The molecule has 1 heterocycles. The maximum atomic E-state index is 12.5. The van der Waals surface area contributed by atoms with Gasteiger partial charge in [-0.15, -0.1) is 0 Å². The number of carbonyl (C=O) groups is 1. The molecule has 0 aromatic heterocycles. The Morgan fingerprint density at radius 1 is 1.22 bits per heavy atom. The molecule has 18 heavy (non-hydrogen) atoms. The molecule has 0 unspecified atom stereocenters. The Bertz CT molecular complexity index is 439. The van der Waals surface area contributed by atoms with Crippen LogP contribution < -0.4 is 4.74 Å². The summed E-state index contributed by atoms with van der Waals surface area (Å²) >= 11 is 0. The lowest BCUT2D eigenvalue weighted by Gasteiger charge is -2.15. The Labute approximate surface area is 102 Å². The summed E-state index contributed by atoms with van der Waals surface area (Å²) in [5.41, 5.74) is -0.825. The Morgan fingerprint density at radius 3 is 2.50 bits per heavy atom. The van der Waals surface area contributed by atoms with E-state index in [1.807, 2.05) is 0 Å². The van der Waals surface area contributed by atoms with Gasteiger partial charge in [-0.05, 0) is 31.0 Å². The van der Waals surface area contributed by atoms with Crippen LogP contribution in [0.2, 0.25) is 0 Å². The molecular weight excluding hydrogens is 247 g/mol. The zero-order valence-electron chi connectivity index (χ0n) is 9.54. The van der Waals surface area contributed by atoms with Crippen molar-refractivity contribution < 1.29 is 22.7 Å². The molecule has 98 valence electrons. The van der Waals surface area contributed by atoms with Crippen LogP contribution in [0.15, 0.2) is 24.3 Å². The third-order valence-electron chi connectivity index (χ3n) is 2.73. The number of carbonyl (C=O) groups excluding carboxylic acids is 1. The van der Waals surface area contributed by atoms with Crippen LogP contribution in [-0.2, 0) is 6.18 Å². The van der Waals surface area contributed by atoms with E-state index in [0.717, 1.165) is 25.0 Å². The number of alkyl halides is 3. The second-order valence-electron chi connectivity index (χ2n) is 4.09. The minimum atomic E-state index is -4.43. The molecule has 1 aliphatic rings. The third-order valence-corrected chi connectivity index (χ3v) is 2.73. The van der Waals surface area contributed by atoms with Crippen LogP contribution in [0, 0.1) is 0 Å². The second kappa shape index (κ2) is 4.88. The van der Waals surface area contributed by atoms with E-state index in [1.54, 1.807) is 0 Å². The molecule has 0 radical (unpaired) electrons. The minimum Gasteiger partial charge on any atom is -0.410 e. The molecule has 0 bridgehead atoms. The van der Waals surface area contributed by atoms with Crippen LogP contribution in [0.5, 0.6) is 5.75 Å². The van der Waals surface area contributed by atoms with Crippen molar-refractivity contribution in [1.82, 2.24) is 4.90 Å². The molecule has 0 spiro atoms. The predicted octanol–water partition coefficient (Wildman–Crippen LogP) is 3.30. The first-order valence-electron chi connectivity index (χ1n) is 5.61. The van der Waals surface area contributed by atoms with Crippen molar-refractivity contribution in [2.24, 2.45) is 0 Å². The Hall–Kier alpha value is -1.72. The van der Waals surface area contributed by atoms with Crippen molar-refractivity contribution in [1.29, 1.82) is 0 Å². The summed E-state index contributed by atoms with van der Waals surface area (Å²) in [6, 6.07) is 4.32. The maximum Gasteiger partial charge on any atom is 0.416 e. The van der Waals surface area contributed by atoms with Crippen molar-refractivity contribution in [3.63, 3.8) is 0 Å². The number of ether oxygens (including phenoxy) is 1. The van der Waals surface area contributed by atoms with E-state index < -0.39 is 17.8 Å². The van der Waals surface area contributed by atoms with Gasteiger partial charge in [-0.1, -0.05) is 6.07 Å². The van der Waals surface area contributed by atoms with E-state index >= 15 is 0 Å². The molecule has 1 amide bonds. The van der Waals surface area contributed by atoms with Gasteiger partial charge in [0.1, 0.15) is 5.75 Å². The monoisotopic (exact) mass is 259 g/mol. The average Bonchev–Trinajstić information content (AvgIpc) is 2.81. The van der Waals surface area contributed by atoms with Crippen molar-refractivity contribution >= 4 is 6.09 Å². The highest BCUT2D eigenvalue weighted by molar-refractivity contribution is 5.71. The Morgan fingerprint density at radius 2 is 1.89 bits per heavy atom. The minimum absolute atomic E-state index is 0.0817. The van der Waals surface area contributed by atoms with Gasteiger partial charge in [-0.2, -0.15) is 13.2 Å². The number of hydrogen-bond donors (Lipinski definition) is 0. The number of amides is 1. The summed E-state index contributed by atoms with van der Waals surface area (Å²) in [5.74, 6) is -0.0817. The van der Waals surface area contributed by atoms with Crippen LogP contribution in [0.4, 0.5) is 18.0 Å². The van der Waals surface area contributed by atoms with E-state index in [4.69, 9.17) is 4.74 Å². The van der Waals surface area contributed by atoms with E-state index in [1.165, 1.54) is 17.0 Å². The summed E-state index contributed by atoms with van der Waals surface area (Å²) in [4.78, 5) is 13.1. The number of hydrogen-bond acceptors (Lipinski definition) is 2. The molecular formula is C12H12F3NO2. The van der Waals surface area contributed by atoms with Gasteiger partial charge >= 0.3 is 12.3 Å². The number of benzene rings is 1. The van der Waals surface area contributed by atoms with Gasteiger partial charge in [-0.25, -0.2) is 4.79 Å². The summed E-state index contributed by atoms with van der Waals surface area (Å²) in [7, 11) is 0. The van der Waals surface area contributed by atoms with Crippen molar-refractivity contribution in [2.75, 3.05) is 13.1 Å². The van der Waals surface area contributed by atoms with Crippen LogP contribution in [0.3, 0.4) is 0 Å². The molecule has 1 fully saturated rings. The molecule has 0 N–H and O–H groups in total. The van der Waals surface area contributed by atoms with Crippen LogP contribution in [-0.4, -0.2) is 24.1 Å². The first-order chi connectivity index (χ1) is 8.47. The van der Waals surface area contributed by atoms with Crippen LogP contribution in [0.1, 0.15) is 18.4 Å². The molecule has 0 aliphatic carbocycles. The zero-order chi connectivity index (χ0) is 13.2. The molecule has 0 atom stereocenters. The molecule has 6 heteroatoms. The van der Waals surface area contributed by atoms with Gasteiger partial charge in [0, 0.05) is 13.1 Å². The van der Waals surface area contributed by atoms with E-state index in [-0.39, 0.29) is 5.75 Å². The lowest BCUT2D eigenvalue weighted by atomic mass is 10.2. The van der Waals surface area contributed by atoms with E-state index in [0.29, 0.717) is 13.1 Å². The van der Waals surface area contributed by atoms with Gasteiger partial charge in [-0.3, -0.25) is 0 Å². The molecule has 1 aliphatic heterocycles. The predicted molar refractivity (Wildman–Crippen MR) is 58.3 cm³/mol. The average molecular weight is 259 g/mol. The van der Waals surface area contributed by atoms with Gasteiger partial charge in [0.25, 0.3) is 0 Å². The topological polar surface area (TPSA) is 29.5 Å². The molecule has 1 aromatic rings. The van der Waals surface area contributed by atoms with Crippen molar-refractivity contribution in [3.05, 3.63) is 29.8 Å². The zero-order valence-corrected chi connectivity index (χ0v) is 9.54. The first kappa shape index (κ1) is 12.7. The second-order valence-corrected chi connectivity index (χ2v) is 4.09. The normalized spacial score (nSPS) is 15.8. The third kappa shape index (κ3) is 2.94. The Kier molecular flexibility index (Phi) is 3.45. The van der Waals surface area contributed by atoms with Gasteiger partial charge in [0.2, 0.25) is 0 Å². The standard InChI is InChI=1S/C12H12F3NO2/c13-12(14,15)9-4-3-5-10(8-9)18-11(17)16-6-1-2-7-16/h3-5,8H,1-2,6-7H2. The maximum absolute atomic E-state index is 12.5. The summed E-state index contributed by atoms with van der Waals surface area (Å²) in [5, 5.41) is 0. The highest BCUT2D eigenvalue weighted by Crippen LogP contribution is 2.31. The summed E-state index contributed by atoms with van der Waals surface area (Å²) in [6.45, 7) is 1.19. The number of likely N-dealkylation sites (tertiary alicyclic amines) is 1. The van der Waals surface area contributed by atoms with E-state index in [2.05, 4.69) is 0 Å². The molecule has 1 saturated heterocycles. The lowest BCUT2D eigenvalue weighted by molar-refractivity contribution is -0.137. The first-order valence-corrected chi connectivity index (χ1v) is 5.61. The number of nitrogens with zero attached hydrogens (tertiary/aromatic N) is 1.